The molecule has 2 aromatic rings. The van der Waals surface area contributed by atoms with Gasteiger partial charge in [0.05, 0.1) is 0 Å². The number of aromatic nitrogens is 1. The summed E-state index contributed by atoms with van der Waals surface area (Å²) in [5.74, 6) is -0.286. The van der Waals surface area contributed by atoms with Crippen molar-refractivity contribution in [3.8, 4) is 0 Å². The van der Waals surface area contributed by atoms with E-state index in [9.17, 15) is 4.39 Å². The maximum Gasteiger partial charge on any atom is 0.129 e. The van der Waals surface area contributed by atoms with Gasteiger partial charge >= 0.3 is 0 Å². The Hall–Kier alpha value is -0.970. The van der Waals surface area contributed by atoms with Crippen LogP contribution in [-0.4, -0.2) is 11.5 Å². The molecule has 1 aromatic carbocycles. The Balaban J connectivity index is 2.32. The highest BCUT2D eigenvalue weighted by Gasteiger charge is 2.18. The number of nitrogens with one attached hydrogen (secondary N) is 1. The van der Waals surface area contributed by atoms with E-state index in [2.05, 4.69) is 26.2 Å². The second kappa shape index (κ2) is 7.16. The van der Waals surface area contributed by atoms with Crippen molar-refractivity contribution in [1.29, 1.82) is 0 Å². The van der Waals surface area contributed by atoms with E-state index in [0.717, 1.165) is 16.6 Å². The van der Waals surface area contributed by atoms with Gasteiger partial charge in [0.15, 0.2) is 0 Å². The molecule has 1 aromatic heterocycles. The molecule has 1 heterocycles. The first kappa shape index (κ1) is 15.4. The van der Waals surface area contributed by atoms with Crippen LogP contribution in [0.25, 0.3) is 0 Å². The zero-order chi connectivity index (χ0) is 14.5. The third-order valence-electron chi connectivity index (χ3n) is 3.00. The van der Waals surface area contributed by atoms with E-state index in [1.807, 2.05) is 13.0 Å². The van der Waals surface area contributed by atoms with Crippen LogP contribution in [0.4, 0.5) is 4.39 Å². The van der Waals surface area contributed by atoms with Crippen LogP contribution >= 0.6 is 27.5 Å². The van der Waals surface area contributed by atoms with E-state index in [0.29, 0.717) is 17.0 Å². The number of pyridine rings is 1. The minimum absolute atomic E-state index is 0.176. The summed E-state index contributed by atoms with van der Waals surface area (Å²) >= 11 is 9.55. The number of hydrogen-bond donors (Lipinski definition) is 1. The van der Waals surface area contributed by atoms with Gasteiger partial charge in [0, 0.05) is 33.5 Å². The first-order chi connectivity index (χ1) is 9.61. The predicted octanol–water partition coefficient (Wildman–Crippen LogP) is 4.53. The molecule has 1 atom stereocenters. The molecule has 0 saturated carbocycles. The molecule has 0 aliphatic heterocycles. The van der Waals surface area contributed by atoms with Crippen molar-refractivity contribution in [2.75, 3.05) is 6.54 Å². The zero-order valence-electron chi connectivity index (χ0n) is 11.0. The lowest BCUT2D eigenvalue weighted by Crippen LogP contribution is -2.24. The summed E-state index contributed by atoms with van der Waals surface area (Å²) in [7, 11) is 0. The Kier molecular flexibility index (Phi) is 5.52. The number of nitrogens with zero attached hydrogens (tertiary/aromatic N) is 1. The van der Waals surface area contributed by atoms with Crippen molar-refractivity contribution < 1.29 is 4.39 Å². The molecule has 2 nitrogen and oxygen atoms in total. The van der Waals surface area contributed by atoms with Crippen LogP contribution in [0.5, 0.6) is 0 Å². The smallest absolute Gasteiger partial charge is 0.129 e. The molecule has 1 unspecified atom stereocenters. The Morgan fingerprint density at radius 3 is 2.85 bits per heavy atom. The molecule has 0 amide bonds. The van der Waals surface area contributed by atoms with Gasteiger partial charge in [-0.15, -0.1) is 0 Å². The molecule has 0 fully saturated rings. The average Bonchev–Trinajstić information content (AvgIpc) is 2.38. The Labute approximate surface area is 131 Å². The number of hydrogen-bond acceptors (Lipinski definition) is 2. The molecule has 0 radical (unpaired) electrons. The molecule has 0 aliphatic carbocycles. The van der Waals surface area contributed by atoms with E-state index in [4.69, 9.17) is 11.6 Å². The van der Waals surface area contributed by atoms with Crippen LogP contribution in [-0.2, 0) is 6.42 Å². The SMILES string of the molecule is CCNC(Cc1cncc(Br)c1)c1c(F)cccc1Cl. The Morgan fingerprint density at radius 1 is 1.40 bits per heavy atom. The third-order valence-corrected chi connectivity index (χ3v) is 3.76. The van der Waals surface area contributed by atoms with Crippen molar-refractivity contribution in [2.24, 2.45) is 0 Å². The minimum Gasteiger partial charge on any atom is -0.310 e. The van der Waals surface area contributed by atoms with Crippen LogP contribution in [0.15, 0.2) is 41.1 Å². The molecule has 5 heteroatoms. The highest BCUT2D eigenvalue weighted by molar-refractivity contribution is 9.10. The molecular formula is C15H15BrClFN2. The molecular weight excluding hydrogens is 343 g/mol. The topological polar surface area (TPSA) is 24.9 Å². The standard InChI is InChI=1S/C15H15BrClFN2/c1-2-20-14(7-10-6-11(16)9-19-8-10)15-12(17)4-3-5-13(15)18/h3-6,8-9,14,20H,2,7H2,1H3. The number of halogens is 3. The fourth-order valence-corrected chi connectivity index (χ4v) is 2.88. The van der Waals surface area contributed by atoms with Crippen molar-refractivity contribution in [2.45, 2.75) is 19.4 Å². The van der Waals surface area contributed by atoms with Gasteiger partial charge in [-0.1, -0.05) is 24.6 Å². The summed E-state index contributed by atoms with van der Waals surface area (Å²) in [6.45, 7) is 2.72. The first-order valence-corrected chi connectivity index (χ1v) is 7.55. The molecule has 0 saturated heterocycles. The molecule has 106 valence electrons. The van der Waals surface area contributed by atoms with E-state index >= 15 is 0 Å². The molecule has 2 rings (SSSR count). The summed E-state index contributed by atoms with van der Waals surface area (Å²) < 4.78 is 15.0. The van der Waals surface area contributed by atoms with Gasteiger partial charge in [0.2, 0.25) is 0 Å². The lowest BCUT2D eigenvalue weighted by Gasteiger charge is -2.20. The van der Waals surface area contributed by atoms with Crippen LogP contribution in [0.2, 0.25) is 5.02 Å². The Morgan fingerprint density at radius 2 is 2.20 bits per heavy atom. The molecule has 0 aliphatic rings. The van der Waals surface area contributed by atoms with E-state index < -0.39 is 0 Å². The molecule has 0 bridgehead atoms. The van der Waals surface area contributed by atoms with Gasteiger partial charge in [-0.2, -0.15) is 0 Å². The highest BCUT2D eigenvalue weighted by Crippen LogP contribution is 2.28. The van der Waals surface area contributed by atoms with E-state index in [1.165, 1.54) is 6.07 Å². The van der Waals surface area contributed by atoms with Crippen molar-refractivity contribution in [3.05, 3.63) is 63.1 Å². The van der Waals surface area contributed by atoms with Crippen molar-refractivity contribution >= 4 is 27.5 Å². The number of rotatable bonds is 5. The fourth-order valence-electron chi connectivity index (χ4n) is 2.17. The third kappa shape index (κ3) is 3.78. The second-order valence-corrected chi connectivity index (χ2v) is 5.78. The number of benzene rings is 1. The fraction of sp³-hybridized carbons (Fsp3) is 0.267. The van der Waals surface area contributed by atoms with Gasteiger partial charge in [-0.3, -0.25) is 4.98 Å². The quantitative estimate of drug-likeness (QED) is 0.850. The largest absolute Gasteiger partial charge is 0.310 e. The average molecular weight is 358 g/mol. The van der Waals surface area contributed by atoms with Gasteiger partial charge in [-0.25, -0.2) is 4.39 Å². The maximum atomic E-state index is 14.1. The summed E-state index contributed by atoms with van der Waals surface area (Å²) in [4.78, 5) is 4.13. The zero-order valence-corrected chi connectivity index (χ0v) is 13.4. The number of likely N-dealkylation sites (N-methyl/N-ethyl adjacent to an activating group) is 1. The van der Waals surface area contributed by atoms with E-state index in [-0.39, 0.29) is 11.9 Å². The van der Waals surface area contributed by atoms with Crippen molar-refractivity contribution in [3.63, 3.8) is 0 Å². The summed E-state index contributed by atoms with van der Waals surface area (Å²) in [6.07, 6.45) is 4.13. The lowest BCUT2D eigenvalue weighted by atomic mass is 9.99. The summed E-state index contributed by atoms with van der Waals surface area (Å²) in [5, 5.41) is 3.72. The van der Waals surface area contributed by atoms with Crippen LogP contribution in [0, 0.1) is 5.82 Å². The normalized spacial score (nSPS) is 12.4. The molecule has 0 spiro atoms. The van der Waals surface area contributed by atoms with Crippen LogP contribution < -0.4 is 5.32 Å². The lowest BCUT2D eigenvalue weighted by molar-refractivity contribution is 0.510. The van der Waals surface area contributed by atoms with Gasteiger partial charge in [0.1, 0.15) is 5.82 Å². The second-order valence-electron chi connectivity index (χ2n) is 4.46. The van der Waals surface area contributed by atoms with E-state index in [1.54, 1.807) is 24.5 Å². The van der Waals surface area contributed by atoms with Crippen LogP contribution in [0.1, 0.15) is 24.1 Å². The minimum atomic E-state index is -0.286. The van der Waals surface area contributed by atoms with Gasteiger partial charge in [0.25, 0.3) is 0 Å². The summed E-state index contributed by atoms with van der Waals surface area (Å²) in [6, 6.07) is 6.57. The monoisotopic (exact) mass is 356 g/mol. The highest BCUT2D eigenvalue weighted by atomic mass is 79.9. The Bertz CT molecular complexity index is 572. The molecule has 1 N–H and O–H groups in total. The van der Waals surface area contributed by atoms with Gasteiger partial charge < -0.3 is 5.32 Å². The predicted molar refractivity (Wildman–Crippen MR) is 83.5 cm³/mol. The van der Waals surface area contributed by atoms with Crippen molar-refractivity contribution in [1.82, 2.24) is 10.3 Å². The molecule has 20 heavy (non-hydrogen) atoms. The van der Waals surface area contributed by atoms with Crippen LogP contribution in [0.3, 0.4) is 0 Å². The van der Waals surface area contributed by atoms with Gasteiger partial charge in [-0.05, 0) is 52.7 Å². The maximum absolute atomic E-state index is 14.1. The first-order valence-electron chi connectivity index (χ1n) is 6.38. The summed E-state index contributed by atoms with van der Waals surface area (Å²) in [5.41, 5.74) is 1.53.